The average molecular weight is 342 g/mol. The van der Waals surface area contributed by atoms with E-state index < -0.39 is 4.92 Å². The largest absolute Gasteiger partial charge is 0.490 e. The van der Waals surface area contributed by atoms with Crippen LogP contribution in [0.1, 0.15) is 36.0 Å². The van der Waals surface area contributed by atoms with Gasteiger partial charge in [-0.1, -0.05) is 0 Å². The zero-order chi connectivity index (χ0) is 15.7. The molecule has 1 aromatic carbocycles. The molecule has 2 atom stereocenters. The van der Waals surface area contributed by atoms with Crippen LogP contribution in [0.2, 0.25) is 0 Å². The molecular weight excluding hydrogens is 322 g/mol. The first kappa shape index (κ1) is 17.5. The highest BCUT2D eigenvalue weighted by atomic mass is 35.5. The lowest BCUT2D eigenvalue weighted by molar-refractivity contribution is -0.385. The van der Waals surface area contributed by atoms with E-state index in [1.54, 1.807) is 0 Å². The smallest absolute Gasteiger partial charge is 0.310 e. The van der Waals surface area contributed by atoms with Gasteiger partial charge < -0.3 is 15.4 Å². The molecule has 2 aliphatic heterocycles. The molecule has 0 radical (unpaired) electrons. The van der Waals surface area contributed by atoms with E-state index >= 15 is 0 Å². The van der Waals surface area contributed by atoms with Crippen molar-refractivity contribution in [1.82, 2.24) is 10.6 Å². The Balaban J connectivity index is 0.00000192. The number of amides is 1. The van der Waals surface area contributed by atoms with Crippen molar-refractivity contribution >= 4 is 24.0 Å². The molecule has 3 rings (SSSR count). The Morgan fingerprint density at radius 3 is 2.57 bits per heavy atom. The molecular formula is C15H20ClN3O4. The first-order valence-corrected chi connectivity index (χ1v) is 7.46. The molecule has 7 nitrogen and oxygen atoms in total. The third-order valence-electron chi connectivity index (χ3n) is 4.45. The number of ether oxygens (including phenoxy) is 1. The standard InChI is InChI=1S/C15H19N3O4.ClH/c1-22-14-6-9(2-5-13(14)18(20)21)15(19)17-12-7-10-3-4-11(8-12)16-10;/h2,5-6,10-12,16H,3-4,7-8H2,1H3,(H,17,19);1H. The number of rotatable bonds is 4. The fourth-order valence-electron chi connectivity index (χ4n) is 3.41. The Labute approximate surface area is 140 Å². The van der Waals surface area contributed by atoms with Crippen molar-refractivity contribution in [3.63, 3.8) is 0 Å². The predicted molar refractivity (Wildman–Crippen MR) is 87.3 cm³/mol. The summed E-state index contributed by atoms with van der Waals surface area (Å²) in [6, 6.07) is 5.34. The third-order valence-corrected chi connectivity index (χ3v) is 4.45. The minimum Gasteiger partial charge on any atom is -0.490 e. The quantitative estimate of drug-likeness (QED) is 0.645. The van der Waals surface area contributed by atoms with E-state index in [0.717, 1.165) is 12.8 Å². The van der Waals surface area contributed by atoms with Crippen LogP contribution in [0.4, 0.5) is 5.69 Å². The molecule has 23 heavy (non-hydrogen) atoms. The lowest BCUT2D eigenvalue weighted by Crippen LogP contribution is -2.48. The van der Waals surface area contributed by atoms with Crippen molar-refractivity contribution < 1.29 is 14.5 Å². The maximum Gasteiger partial charge on any atom is 0.310 e. The number of carbonyl (C=O) groups is 1. The molecule has 0 saturated carbocycles. The van der Waals surface area contributed by atoms with Gasteiger partial charge in [0.2, 0.25) is 0 Å². The number of fused-ring (bicyclic) bond motifs is 2. The first-order valence-electron chi connectivity index (χ1n) is 7.46. The van der Waals surface area contributed by atoms with Crippen LogP contribution in [0.15, 0.2) is 18.2 Å². The van der Waals surface area contributed by atoms with E-state index in [1.807, 2.05) is 0 Å². The molecule has 126 valence electrons. The van der Waals surface area contributed by atoms with Crippen molar-refractivity contribution in [3.05, 3.63) is 33.9 Å². The molecule has 2 heterocycles. The minimum absolute atomic E-state index is 0. The molecule has 2 unspecified atom stereocenters. The molecule has 2 fully saturated rings. The Kier molecular flexibility index (Phi) is 5.43. The van der Waals surface area contributed by atoms with Crippen LogP contribution in [-0.4, -0.2) is 36.1 Å². The summed E-state index contributed by atoms with van der Waals surface area (Å²) in [7, 11) is 1.36. The lowest BCUT2D eigenvalue weighted by atomic mass is 9.99. The van der Waals surface area contributed by atoms with Crippen LogP contribution < -0.4 is 15.4 Å². The van der Waals surface area contributed by atoms with Crippen molar-refractivity contribution in [3.8, 4) is 5.75 Å². The average Bonchev–Trinajstić information content (AvgIpc) is 2.85. The number of piperidine rings is 1. The van der Waals surface area contributed by atoms with Crippen LogP contribution in [0.25, 0.3) is 0 Å². The molecule has 8 heteroatoms. The summed E-state index contributed by atoms with van der Waals surface area (Å²) in [6.07, 6.45) is 4.21. The zero-order valence-electron chi connectivity index (χ0n) is 12.8. The Hall–Kier alpha value is -1.86. The summed E-state index contributed by atoms with van der Waals surface area (Å²) in [5, 5.41) is 17.4. The number of hydrogen-bond acceptors (Lipinski definition) is 5. The molecule has 2 saturated heterocycles. The highest BCUT2D eigenvalue weighted by molar-refractivity contribution is 5.95. The van der Waals surface area contributed by atoms with Crippen LogP contribution in [0.3, 0.4) is 0 Å². The van der Waals surface area contributed by atoms with E-state index in [0.29, 0.717) is 17.6 Å². The molecule has 0 aromatic heterocycles. The Bertz CT molecular complexity index is 598. The van der Waals surface area contributed by atoms with E-state index in [1.165, 1.54) is 38.2 Å². The van der Waals surface area contributed by atoms with E-state index in [2.05, 4.69) is 10.6 Å². The Morgan fingerprint density at radius 2 is 2.00 bits per heavy atom. The zero-order valence-corrected chi connectivity index (χ0v) is 13.6. The van der Waals surface area contributed by atoms with Gasteiger partial charge in [-0.05, 0) is 31.7 Å². The number of nitro groups is 1. The lowest BCUT2D eigenvalue weighted by Gasteiger charge is -2.29. The van der Waals surface area contributed by atoms with Crippen LogP contribution in [-0.2, 0) is 0 Å². The number of benzene rings is 1. The molecule has 0 aliphatic carbocycles. The monoisotopic (exact) mass is 341 g/mol. The van der Waals surface area contributed by atoms with Gasteiger partial charge in [0.1, 0.15) is 0 Å². The third kappa shape index (κ3) is 3.73. The van der Waals surface area contributed by atoms with Crippen LogP contribution >= 0.6 is 12.4 Å². The topological polar surface area (TPSA) is 93.5 Å². The minimum atomic E-state index is -0.523. The van der Waals surface area contributed by atoms with Gasteiger partial charge in [0.05, 0.1) is 12.0 Å². The molecule has 1 amide bonds. The summed E-state index contributed by atoms with van der Waals surface area (Å²) in [6.45, 7) is 0. The second-order valence-corrected chi connectivity index (χ2v) is 5.92. The maximum absolute atomic E-state index is 12.3. The fourth-order valence-corrected chi connectivity index (χ4v) is 3.41. The van der Waals surface area contributed by atoms with Crippen molar-refractivity contribution in [1.29, 1.82) is 0 Å². The van der Waals surface area contributed by atoms with Crippen LogP contribution in [0.5, 0.6) is 5.75 Å². The number of halogens is 1. The highest BCUT2D eigenvalue weighted by Gasteiger charge is 2.34. The summed E-state index contributed by atoms with van der Waals surface area (Å²) in [5.41, 5.74) is 0.243. The molecule has 2 aliphatic rings. The Morgan fingerprint density at radius 1 is 1.35 bits per heavy atom. The molecule has 1 aromatic rings. The van der Waals surface area contributed by atoms with E-state index in [-0.39, 0.29) is 35.8 Å². The van der Waals surface area contributed by atoms with Gasteiger partial charge in [-0.2, -0.15) is 0 Å². The molecule has 2 N–H and O–H groups in total. The summed E-state index contributed by atoms with van der Waals surface area (Å²) < 4.78 is 5.00. The van der Waals surface area contributed by atoms with Gasteiger partial charge in [-0.25, -0.2) is 0 Å². The second kappa shape index (κ2) is 7.14. The molecule has 2 bridgehead atoms. The maximum atomic E-state index is 12.3. The number of hydrogen-bond donors (Lipinski definition) is 2. The van der Waals surface area contributed by atoms with Gasteiger partial charge in [-0.3, -0.25) is 14.9 Å². The van der Waals surface area contributed by atoms with Crippen LogP contribution in [0, 0.1) is 10.1 Å². The van der Waals surface area contributed by atoms with Gasteiger partial charge in [0.25, 0.3) is 5.91 Å². The predicted octanol–water partition coefficient (Wildman–Crippen LogP) is 2.04. The number of methoxy groups -OCH3 is 1. The van der Waals surface area contributed by atoms with E-state index in [9.17, 15) is 14.9 Å². The van der Waals surface area contributed by atoms with Crippen molar-refractivity contribution in [2.45, 2.75) is 43.8 Å². The van der Waals surface area contributed by atoms with Crippen molar-refractivity contribution in [2.24, 2.45) is 0 Å². The molecule has 0 spiro atoms. The SMILES string of the molecule is COc1cc(C(=O)NC2CC3CCC(C2)N3)ccc1[N+](=O)[O-].Cl. The summed E-state index contributed by atoms with van der Waals surface area (Å²) in [5.74, 6) is -0.109. The number of nitro benzene ring substituents is 1. The summed E-state index contributed by atoms with van der Waals surface area (Å²) >= 11 is 0. The fraction of sp³-hybridized carbons (Fsp3) is 0.533. The number of carbonyl (C=O) groups excluding carboxylic acids is 1. The van der Waals surface area contributed by atoms with Gasteiger partial charge in [-0.15, -0.1) is 12.4 Å². The van der Waals surface area contributed by atoms with Crippen molar-refractivity contribution in [2.75, 3.05) is 7.11 Å². The first-order chi connectivity index (χ1) is 10.6. The van der Waals surface area contributed by atoms with Gasteiger partial charge in [0.15, 0.2) is 5.75 Å². The normalized spacial score (nSPS) is 25.3. The van der Waals surface area contributed by atoms with Gasteiger partial charge in [0, 0.05) is 35.8 Å². The summed E-state index contributed by atoms with van der Waals surface area (Å²) in [4.78, 5) is 22.7. The van der Waals surface area contributed by atoms with Gasteiger partial charge >= 0.3 is 5.69 Å². The number of nitrogens with zero attached hydrogens (tertiary/aromatic N) is 1. The van der Waals surface area contributed by atoms with E-state index in [4.69, 9.17) is 4.74 Å². The second-order valence-electron chi connectivity index (χ2n) is 5.92. The highest BCUT2D eigenvalue weighted by Crippen LogP contribution is 2.29. The number of nitrogens with one attached hydrogen (secondary N) is 2.